The first-order valence-corrected chi connectivity index (χ1v) is 25.1. The first-order chi connectivity index (χ1) is 34.9. The van der Waals surface area contributed by atoms with Crippen molar-refractivity contribution >= 4 is 47.3 Å². The van der Waals surface area contributed by atoms with Crippen LogP contribution in [0.5, 0.6) is 0 Å². The Hall–Kier alpha value is -7.41. The molecule has 5 rings (SSSR count). The highest BCUT2D eigenvalue weighted by molar-refractivity contribution is 5.96. The van der Waals surface area contributed by atoms with Crippen molar-refractivity contribution in [3.8, 4) is 0 Å². The molecule has 73 heavy (non-hydrogen) atoms. The maximum Gasteiger partial charge on any atom is 0.246 e. The number of hydrogen-bond acceptors (Lipinski definition) is 10. The molecule has 1 fully saturated rings. The Kier molecular flexibility index (Phi) is 21.7. The summed E-state index contributed by atoms with van der Waals surface area (Å²) in [5.74, 6) is -5.34. The van der Waals surface area contributed by atoms with Crippen LogP contribution in [0.1, 0.15) is 89.1 Å². The van der Waals surface area contributed by atoms with Gasteiger partial charge in [-0.25, -0.2) is 4.98 Å². The third-order valence-electron chi connectivity index (χ3n) is 13.0. The minimum atomic E-state index is -1.48. The Morgan fingerprint density at radius 2 is 1.27 bits per heavy atom. The molecule has 0 spiro atoms. The molecule has 1 aromatic heterocycles. The van der Waals surface area contributed by atoms with E-state index < -0.39 is 108 Å². The molecule has 0 unspecified atom stereocenters. The van der Waals surface area contributed by atoms with E-state index in [-0.39, 0.29) is 44.6 Å². The van der Waals surface area contributed by atoms with Crippen LogP contribution in [0, 0.1) is 11.8 Å². The monoisotopic (exact) mass is 1000 g/mol. The van der Waals surface area contributed by atoms with Gasteiger partial charge in [0.05, 0.1) is 24.9 Å². The van der Waals surface area contributed by atoms with Gasteiger partial charge in [-0.15, -0.1) is 0 Å². The molecule has 10 N–H and O–H groups in total. The Bertz CT molecular complexity index is 2440. The standard InChI is InChI=1S/C54H72N10O9/c1-6-34(4)48(63-51(70)43(28-38-21-14-9-15-22-38)62-52(71)45-23-16-24-64(45)54(73)44(58-35(5)65)29-39-31-56-32-57-39)53(72)60-40(26-36-17-10-7-11-18-36)46(66)30-47(67)59-42(25-33(2)3)50(69)61-41(49(55)68)27-37-19-12-8-13-20-37/h7-15,17-22,31-34,40-46,48,66H,6,16,23-30H2,1-5H3,(H2,55,68)(H,56,57)(H,58,65)(H,59,67)(H,60,72)(H,61,69)(H,62,71)(H,63,70)/t34-,40+,41+,42+,43+,44+,45-,46+,48+/m1/s1. The molecule has 19 nitrogen and oxygen atoms in total. The summed E-state index contributed by atoms with van der Waals surface area (Å²) in [5, 5.41) is 28.6. The summed E-state index contributed by atoms with van der Waals surface area (Å²) in [6.07, 6.45) is 2.86. The maximum absolute atomic E-state index is 14.5. The summed E-state index contributed by atoms with van der Waals surface area (Å²) in [6, 6.07) is 19.6. The van der Waals surface area contributed by atoms with E-state index in [2.05, 4.69) is 41.9 Å². The fraction of sp³-hybridized carbons (Fsp3) is 0.463. The number of nitrogens with one attached hydrogen (secondary N) is 7. The first-order valence-electron chi connectivity index (χ1n) is 25.1. The highest BCUT2D eigenvalue weighted by Gasteiger charge is 2.40. The lowest BCUT2D eigenvalue weighted by Gasteiger charge is -2.31. The number of carbonyl (C=O) groups excluding carboxylic acids is 8. The smallest absolute Gasteiger partial charge is 0.246 e. The van der Waals surface area contributed by atoms with Crippen molar-refractivity contribution in [1.82, 2.24) is 46.8 Å². The molecule has 9 atom stereocenters. The number of nitrogens with zero attached hydrogens (tertiary/aromatic N) is 2. The molecule has 0 bridgehead atoms. The van der Waals surface area contributed by atoms with E-state index in [1.54, 1.807) is 73.8 Å². The SMILES string of the molecule is CC[C@@H](C)[C@H](NC(=O)[C@H](Cc1ccccc1)NC(=O)[C@H]1CCCN1C(=O)[C@H](Cc1cnc[nH]1)NC(C)=O)C(=O)N[C@@H](Cc1ccccc1)[C@@H](O)CC(=O)N[C@@H](CC(C)C)C(=O)N[C@@H](Cc1ccccc1)C(N)=O. The molecule has 4 aromatic rings. The maximum atomic E-state index is 14.5. The highest BCUT2D eigenvalue weighted by Crippen LogP contribution is 2.21. The molecule has 19 heteroatoms. The summed E-state index contributed by atoms with van der Waals surface area (Å²) in [7, 11) is 0. The number of aliphatic hydroxyl groups excluding tert-OH is 1. The van der Waals surface area contributed by atoms with Gasteiger partial charge in [-0.2, -0.15) is 0 Å². The van der Waals surface area contributed by atoms with Gasteiger partial charge in [-0.3, -0.25) is 38.4 Å². The van der Waals surface area contributed by atoms with Crippen molar-refractivity contribution in [3.63, 3.8) is 0 Å². The third kappa shape index (κ3) is 17.7. The summed E-state index contributed by atoms with van der Waals surface area (Å²) in [6.45, 7) is 8.93. The Balaban J connectivity index is 1.32. The summed E-state index contributed by atoms with van der Waals surface area (Å²) >= 11 is 0. The number of H-pyrrole nitrogens is 1. The van der Waals surface area contributed by atoms with Crippen molar-refractivity contribution in [1.29, 1.82) is 0 Å². The number of hydrogen-bond donors (Lipinski definition) is 9. The van der Waals surface area contributed by atoms with Crippen molar-refractivity contribution < 1.29 is 43.5 Å². The highest BCUT2D eigenvalue weighted by atomic mass is 16.3. The molecule has 0 aliphatic carbocycles. The molecule has 1 aliphatic rings. The van der Waals surface area contributed by atoms with Crippen LogP contribution in [0.25, 0.3) is 0 Å². The number of carbonyl (C=O) groups is 8. The second-order valence-corrected chi connectivity index (χ2v) is 19.3. The molecule has 392 valence electrons. The molecular weight excluding hydrogens is 933 g/mol. The number of aliphatic hydroxyl groups is 1. The number of amides is 8. The number of rotatable bonds is 27. The normalized spacial score (nSPS) is 16.6. The quantitative estimate of drug-likeness (QED) is 0.0419. The molecule has 1 saturated heterocycles. The Labute approximate surface area is 427 Å². The fourth-order valence-corrected chi connectivity index (χ4v) is 8.90. The zero-order chi connectivity index (χ0) is 53.0. The number of nitrogens with two attached hydrogens (primary N) is 1. The van der Waals surface area contributed by atoms with E-state index in [1.807, 2.05) is 51.1 Å². The minimum absolute atomic E-state index is 0.0404. The van der Waals surface area contributed by atoms with Crippen LogP contribution in [0.4, 0.5) is 0 Å². The van der Waals surface area contributed by atoms with Gasteiger partial charge in [-0.05, 0) is 54.2 Å². The minimum Gasteiger partial charge on any atom is -0.390 e. The molecule has 0 saturated carbocycles. The van der Waals surface area contributed by atoms with E-state index in [1.165, 1.54) is 18.2 Å². The number of aromatic amines is 1. The van der Waals surface area contributed by atoms with E-state index in [0.717, 1.165) is 16.7 Å². The lowest BCUT2D eigenvalue weighted by molar-refractivity contribution is -0.142. The van der Waals surface area contributed by atoms with Gasteiger partial charge in [0.15, 0.2) is 0 Å². The van der Waals surface area contributed by atoms with Crippen molar-refractivity contribution in [2.24, 2.45) is 17.6 Å². The molecular formula is C54H72N10O9. The summed E-state index contributed by atoms with van der Waals surface area (Å²) in [5.41, 5.74) is 8.52. The zero-order valence-electron chi connectivity index (χ0n) is 42.3. The van der Waals surface area contributed by atoms with Crippen LogP contribution in [0.3, 0.4) is 0 Å². The van der Waals surface area contributed by atoms with Crippen LogP contribution in [0.15, 0.2) is 104 Å². The number of aromatic nitrogens is 2. The molecule has 0 radical (unpaired) electrons. The lowest BCUT2D eigenvalue weighted by Crippen LogP contribution is -2.60. The van der Waals surface area contributed by atoms with Crippen LogP contribution >= 0.6 is 0 Å². The Morgan fingerprint density at radius 1 is 0.699 bits per heavy atom. The summed E-state index contributed by atoms with van der Waals surface area (Å²) in [4.78, 5) is 118. The van der Waals surface area contributed by atoms with Crippen LogP contribution in [0.2, 0.25) is 0 Å². The average Bonchev–Trinajstić information content (AvgIpc) is 4.08. The third-order valence-corrected chi connectivity index (χ3v) is 13.0. The van der Waals surface area contributed by atoms with Gasteiger partial charge in [0.1, 0.15) is 36.3 Å². The Morgan fingerprint density at radius 3 is 1.81 bits per heavy atom. The van der Waals surface area contributed by atoms with E-state index in [9.17, 15) is 43.5 Å². The van der Waals surface area contributed by atoms with E-state index in [0.29, 0.717) is 25.0 Å². The number of likely N-dealkylation sites (tertiary alicyclic amines) is 1. The number of imidazole rings is 1. The average molecular weight is 1010 g/mol. The van der Waals surface area contributed by atoms with Crippen LogP contribution in [-0.4, -0.2) is 122 Å². The van der Waals surface area contributed by atoms with Crippen molar-refractivity contribution in [2.75, 3.05) is 6.54 Å². The van der Waals surface area contributed by atoms with Crippen molar-refractivity contribution in [2.45, 2.75) is 141 Å². The molecule has 1 aliphatic heterocycles. The summed E-state index contributed by atoms with van der Waals surface area (Å²) < 4.78 is 0. The van der Waals surface area contributed by atoms with Gasteiger partial charge in [0, 0.05) is 44.6 Å². The van der Waals surface area contributed by atoms with Gasteiger partial charge >= 0.3 is 0 Å². The molecule has 3 aromatic carbocycles. The van der Waals surface area contributed by atoms with Gasteiger partial charge in [-0.1, -0.05) is 125 Å². The second-order valence-electron chi connectivity index (χ2n) is 19.3. The largest absolute Gasteiger partial charge is 0.390 e. The van der Waals surface area contributed by atoms with Crippen LogP contribution < -0.4 is 37.6 Å². The van der Waals surface area contributed by atoms with Gasteiger partial charge < -0.3 is 52.6 Å². The predicted octanol–water partition coefficient (Wildman–Crippen LogP) is 1.93. The van der Waals surface area contributed by atoms with Crippen molar-refractivity contribution in [3.05, 3.63) is 126 Å². The zero-order valence-corrected chi connectivity index (χ0v) is 42.3. The number of benzene rings is 3. The second kappa shape index (κ2) is 28.0. The number of primary amides is 1. The lowest BCUT2D eigenvalue weighted by atomic mass is 9.94. The van der Waals surface area contributed by atoms with E-state index >= 15 is 0 Å². The van der Waals surface area contributed by atoms with Gasteiger partial charge in [0.2, 0.25) is 47.3 Å². The molecule has 2 heterocycles. The molecule has 8 amide bonds. The first kappa shape index (κ1) is 56.5. The predicted molar refractivity (Wildman–Crippen MR) is 273 cm³/mol. The van der Waals surface area contributed by atoms with Crippen LogP contribution in [-0.2, 0) is 64.0 Å². The topological polar surface area (TPSA) is 287 Å². The van der Waals surface area contributed by atoms with Gasteiger partial charge in [0.25, 0.3) is 0 Å². The fourth-order valence-electron chi connectivity index (χ4n) is 8.90. The van der Waals surface area contributed by atoms with E-state index in [4.69, 9.17) is 5.73 Å².